The number of aliphatic hydroxyl groups is 4. The van der Waals surface area contributed by atoms with Crippen molar-refractivity contribution >= 4 is 111 Å². The number of carboxylic acid groups (broad SMARTS) is 2. The van der Waals surface area contributed by atoms with E-state index < -0.39 is 188 Å². The van der Waals surface area contributed by atoms with Crippen molar-refractivity contribution in [2.45, 2.75) is 258 Å². The number of halogens is 2. The number of hydrogen-bond acceptors (Lipinski definition) is 29. The molecule has 3 fully saturated rings. The number of aliphatic carboxylic acids is 2. The molecule has 17 N–H and O–H groups in total. The average molecular weight is 2080 g/mol. The largest absolute Gasteiger partial charge is 0.481 e. The summed E-state index contributed by atoms with van der Waals surface area (Å²) in [6, 6.07) is 14.8. The van der Waals surface area contributed by atoms with Crippen LogP contribution in [0.2, 0.25) is 5.02 Å². The molecule has 0 spiro atoms. The van der Waals surface area contributed by atoms with Gasteiger partial charge in [0, 0.05) is 108 Å². The maximum atomic E-state index is 15.0. The molecule has 44 heteroatoms. The number of anilines is 3. The molecule has 6 aromatic rings. The molecule has 4 aromatic carbocycles. The third-order valence-corrected chi connectivity index (χ3v) is 26.7. The van der Waals surface area contributed by atoms with Gasteiger partial charge in [0.05, 0.1) is 112 Å². The fourth-order valence-corrected chi connectivity index (χ4v) is 18.2. The van der Waals surface area contributed by atoms with Gasteiger partial charge in [-0.15, -0.1) is 0 Å². The molecule has 9 rings (SSSR count). The van der Waals surface area contributed by atoms with E-state index in [1.54, 1.807) is 110 Å². The van der Waals surface area contributed by atoms with Crippen LogP contribution in [0.5, 0.6) is 5.75 Å². The van der Waals surface area contributed by atoms with Gasteiger partial charge in [0.15, 0.2) is 6.10 Å². The maximum absolute atomic E-state index is 15.0. The van der Waals surface area contributed by atoms with Crippen LogP contribution < -0.4 is 57.9 Å². The number of carbonyl (C=O) groups is 12. The lowest BCUT2D eigenvalue weighted by molar-refractivity contribution is -0.271. The summed E-state index contributed by atoms with van der Waals surface area (Å²) in [5, 5.41) is 85.7. The number of ether oxygens (including phenoxy) is 8. The van der Waals surface area contributed by atoms with Gasteiger partial charge in [-0.25, -0.2) is 23.9 Å². The van der Waals surface area contributed by atoms with Crippen molar-refractivity contribution < 1.29 is 130 Å². The molecule has 147 heavy (non-hydrogen) atoms. The molecular formula is C103H148ClFN16O26. The van der Waals surface area contributed by atoms with Crippen LogP contribution in [-0.2, 0) is 92.5 Å². The normalized spacial score (nSPS) is 18.8. The first-order valence-electron chi connectivity index (χ1n) is 50.2. The number of fused-ring (bicyclic) bond motifs is 1. The number of rotatable bonds is 57. The fraction of sp³-hybridized carbons (Fsp3) is 0.592. The van der Waals surface area contributed by atoms with Crippen molar-refractivity contribution in [1.82, 2.24) is 61.6 Å². The Morgan fingerprint density at radius 3 is 1.95 bits per heavy atom. The molecule has 0 saturated carbocycles. The van der Waals surface area contributed by atoms with Crippen LogP contribution in [0, 0.1) is 42.3 Å². The highest BCUT2D eigenvalue weighted by Gasteiger charge is 2.49. The summed E-state index contributed by atoms with van der Waals surface area (Å²) in [6.07, 6.45) is -9.16. The molecular weight excluding hydrogens is 1930 g/mol. The van der Waals surface area contributed by atoms with Gasteiger partial charge in [-0.05, 0) is 148 Å². The zero-order chi connectivity index (χ0) is 108. The number of carbonyl (C=O) groups excluding carboxylic acids is 10. The first-order valence-corrected chi connectivity index (χ1v) is 50.5. The number of nitrogens with one attached hydrogen (secondary N) is 9. The number of aliphatic hydroxyl groups excluding tert-OH is 4. The molecule has 0 radical (unpaired) electrons. The van der Waals surface area contributed by atoms with E-state index in [4.69, 9.17) is 65.2 Å². The highest BCUT2D eigenvalue weighted by molar-refractivity contribution is 6.31. The second-order valence-corrected chi connectivity index (χ2v) is 39.2. The topological polar surface area (TPSA) is 577 Å². The highest BCUT2D eigenvalue weighted by atomic mass is 35.5. The first kappa shape index (κ1) is 119. The average Bonchev–Trinajstić information content (AvgIpc) is 1.71. The van der Waals surface area contributed by atoms with E-state index in [-0.39, 0.29) is 131 Å². The Morgan fingerprint density at radius 1 is 0.680 bits per heavy atom. The van der Waals surface area contributed by atoms with E-state index in [0.717, 1.165) is 40.1 Å². The molecule has 42 nitrogen and oxygen atoms in total. The predicted molar refractivity (Wildman–Crippen MR) is 543 cm³/mol. The summed E-state index contributed by atoms with van der Waals surface area (Å²) < 4.78 is 60.7. The second-order valence-electron chi connectivity index (χ2n) is 38.8. The zero-order valence-electron chi connectivity index (χ0n) is 86.3. The molecule has 10 amide bonds. The quantitative estimate of drug-likeness (QED) is 0.0173. The summed E-state index contributed by atoms with van der Waals surface area (Å²) in [4.78, 5) is 184. The number of nitrogens with two attached hydrogens (primary N) is 1. The van der Waals surface area contributed by atoms with E-state index in [2.05, 4.69) is 52.4 Å². The number of methoxy groups -OCH3 is 1. The fourth-order valence-electron chi connectivity index (χ4n) is 18.0. The number of pyridine rings is 1. The van der Waals surface area contributed by atoms with Crippen molar-refractivity contribution in [1.29, 1.82) is 0 Å². The Bertz CT molecular complexity index is 5370. The summed E-state index contributed by atoms with van der Waals surface area (Å²) in [5.41, 5.74) is 11.9. The number of carboxylic acids is 2. The number of nitrogens with zero attached hydrogens (tertiary/aromatic N) is 6. The van der Waals surface area contributed by atoms with Crippen LogP contribution >= 0.6 is 11.6 Å². The summed E-state index contributed by atoms with van der Waals surface area (Å²) >= 11 is 6.39. The number of hydrogen-bond donors (Lipinski definition) is 16. The Kier molecular flexibility index (Phi) is 46.5. The van der Waals surface area contributed by atoms with Gasteiger partial charge in [0.2, 0.25) is 59.5 Å². The minimum Gasteiger partial charge on any atom is -0.481 e. The van der Waals surface area contributed by atoms with E-state index in [1.165, 1.54) is 56.3 Å². The van der Waals surface area contributed by atoms with Crippen molar-refractivity contribution in [2.75, 3.05) is 122 Å². The number of amides is 10. The molecule has 3 saturated heterocycles. The van der Waals surface area contributed by atoms with E-state index in [1.807, 2.05) is 39.0 Å². The van der Waals surface area contributed by atoms with Crippen molar-refractivity contribution in [2.24, 2.45) is 35.3 Å². The Hall–Kier alpha value is -11.9. The third-order valence-electron chi connectivity index (χ3n) is 26.4. The number of aromatic nitrogens is 3. The maximum Gasteiger partial charge on any atom is 0.410 e. The second kappa shape index (κ2) is 57.6. The molecule has 5 heterocycles. The van der Waals surface area contributed by atoms with Crippen LogP contribution in [0.3, 0.4) is 0 Å². The molecule has 17 atom stereocenters. The van der Waals surface area contributed by atoms with Gasteiger partial charge < -0.3 is 136 Å². The molecule has 0 bridgehead atoms. The summed E-state index contributed by atoms with van der Waals surface area (Å²) in [7, 11) is 4.36. The van der Waals surface area contributed by atoms with Crippen molar-refractivity contribution in [3.05, 3.63) is 119 Å². The molecule has 3 aliphatic rings. The number of piperidine rings is 1. The number of aryl methyl sites for hydroxylation is 1. The zero-order valence-corrected chi connectivity index (χ0v) is 87.1. The highest BCUT2D eigenvalue weighted by Crippen LogP contribution is 2.45. The van der Waals surface area contributed by atoms with Crippen molar-refractivity contribution in [3.63, 3.8) is 0 Å². The van der Waals surface area contributed by atoms with E-state index >= 15 is 4.39 Å². The van der Waals surface area contributed by atoms with Crippen molar-refractivity contribution in [3.8, 4) is 28.3 Å². The Labute approximate surface area is 860 Å². The summed E-state index contributed by atoms with van der Waals surface area (Å²) in [6.45, 7) is 23.1. The lowest BCUT2D eigenvalue weighted by atomic mass is 9.89. The van der Waals surface area contributed by atoms with Gasteiger partial charge in [-0.1, -0.05) is 123 Å². The van der Waals surface area contributed by atoms with Gasteiger partial charge in [-0.3, -0.25) is 52.8 Å². The first-order chi connectivity index (χ1) is 69.9. The number of benzene rings is 4. The van der Waals surface area contributed by atoms with Gasteiger partial charge in [0.25, 0.3) is 0 Å². The van der Waals surface area contributed by atoms with Gasteiger partial charge in [0.1, 0.15) is 78.3 Å². The predicted octanol–water partition coefficient (Wildman–Crippen LogP) is 6.87. The third kappa shape index (κ3) is 34.3. The number of H-pyrrole nitrogens is 1. The number of likely N-dealkylation sites (N-methyl/N-ethyl adjacent to an activating group) is 2. The molecule has 2 aromatic heterocycles. The molecule has 0 aliphatic carbocycles. The smallest absolute Gasteiger partial charge is 0.410 e. The molecule has 810 valence electrons. The van der Waals surface area contributed by atoms with E-state index in [9.17, 15) is 88.2 Å². The Morgan fingerprint density at radius 2 is 1.33 bits per heavy atom. The van der Waals surface area contributed by atoms with Crippen LogP contribution in [0.1, 0.15) is 170 Å². The molecule has 0 unspecified atom stereocenters. The standard InChI is InChI=1S/C103H148ClFN16O26/c1-16-60(9)86(77(140-15)53-80(124)121-36-20-23-70(121)49-61(10)95(131)110-62(11)88(127)65-21-18-17-19-22-65)118(13)100(136)84(57(4)5)117-99(135)85(58(6)7)119(14)103(139)145-55-64-24-26-73(76(50-64)146-102-91(130)89(128)90(129)92(147-102)101(137)138)115-96(132)63(12)111-98(134)83(56(2)3)116-97(133)74(28-29-81(125)126)112-79(123)33-40-142-42-44-144-46-45-143-43-41-141-39-32-78(122)107-34-35-108-93-82(94-113-72-27-25-67(104)52-75(72)114-94)87(120-37-30-69(106)31-38-120)71(54-109-93)66-47-59(8)48-68(105)51-66/h17-19,21-22,24-27,47-48,50-52,54,56-58,60-63,69-70,74,77,83-86,88-92,102,127-130H,16,20,23,28-46,49,53,55,106H2,1-15H3,(H,107,122)(H,108,109)(H,110,131)(H,111,134)(H,112,123)(H,113,114)(H,115,132)(H,116,133)(H,117,135)(H,125,126)(H,137,138)/t60-,61+,62+,63-,70-,74-,77+,83-,84-,85-,86-,88+,89-,90-,91+,92-,102+/m0/s1. The van der Waals surface area contributed by atoms with Crippen LogP contribution in [0.15, 0.2) is 91.1 Å². The lowest BCUT2D eigenvalue weighted by Crippen LogP contribution is -2.61. The minimum absolute atomic E-state index is 0.0357. The van der Waals surface area contributed by atoms with Gasteiger partial charge >= 0.3 is 18.0 Å². The minimum atomic E-state index is -2.15. The van der Waals surface area contributed by atoms with Crippen LogP contribution in [0.25, 0.3) is 33.5 Å². The summed E-state index contributed by atoms with van der Waals surface area (Å²) in [5.74, 6) is -10.8. The number of imidazole rings is 1. The monoisotopic (exact) mass is 2080 g/mol. The van der Waals surface area contributed by atoms with Crippen LogP contribution in [0.4, 0.5) is 26.4 Å². The Balaban J connectivity index is 0.713. The lowest BCUT2D eigenvalue weighted by Gasteiger charge is -2.40. The van der Waals surface area contributed by atoms with Crippen LogP contribution in [-0.4, -0.2) is 329 Å². The van der Waals surface area contributed by atoms with Gasteiger partial charge in [-0.2, -0.15) is 0 Å². The molecule has 3 aliphatic heterocycles. The SMILES string of the molecule is CC[C@H](C)[C@@H]([C@@H](CC(=O)N1CCC[C@H]1C[C@@H](C)C(=O)N[C@H](C)[C@@H](O)c1ccccc1)OC)N(C)C(=O)[C@@H](NC(=O)[C@H](C(C)C)N(C)C(=O)OCc1ccc(NC(=O)[C@H](C)NC(=O)[C@@H](NC(=O)[C@H](CCC(=O)O)NC(=O)CCOCCOCCOCCOCCC(=O)NCCNc2ncc(-c3cc(C)cc(F)c3)c(N3CCC(N)CC3)c2-c2nc3ccc(Cl)cc3[nH]2)C(C)C)c(O[C@@H]2O[C@H](C(=O)O)[C@@H](O)[C@H](O)[C@H]2O)c1)C(C)C. The van der Waals surface area contributed by atoms with E-state index in [0.29, 0.717) is 90.7 Å². The number of likely N-dealkylation sites (tertiary alicyclic amines) is 1. The number of aromatic amines is 1.